The molecular weight excluding hydrogens is 446 g/mol. The number of benzene rings is 2. The number of amides is 1. The number of aryl methyl sites for hydroxylation is 2. The average molecular weight is 472 g/mol. The number of carbonyl (C=O) groups excluding carboxylic acids is 1. The van der Waals surface area contributed by atoms with E-state index in [4.69, 9.17) is 21.6 Å². The maximum atomic E-state index is 13.1. The topological polar surface area (TPSA) is 62.2 Å². The minimum atomic E-state index is -0.0843. The predicted octanol–water partition coefficient (Wildman–Crippen LogP) is 5.31. The van der Waals surface area contributed by atoms with Crippen LogP contribution in [0.1, 0.15) is 27.9 Å². The smallest absolute Gasteiger partial charge is 0.257 e. The maximum absolute atomic E-state index is 13.1. The summed E-state index contributed by atoms with van der Waals surface area (Å²) >= 11 is 6.18. The first-order valence-corrected chi connectivity index (χ1v) is 11.9. The summed E-state index contributed by atoms with van der Waals surface area (Å²) in [5.74, 6) is 0.773. The fourth-order valence-electron chi connectivity index (χ4n) is 4.36. The van der Waals surface area contributed by atoms with Crippen LogP contribution >= 0.6 is 11.6 Å². The van der Waals surface area contributed by atoms with Gasteiger partial charge in [0.15, 0.2) is 5.82 Å². The van der Waals surface area contributed by atoms with Crippen LogP contribution in [-0.4, -0.2) is 51.9 Å². The molecule has 2 aromatic heterocycles. The van der Waals surface area contributed by atoms with Crippen LogP contribution in [0, 0.1) is 13.8 Å². The largest absolute Gasteiger partial charge is 0.353 e. The van der Waals surface area contributed by atoms with Gasteiger partial charge in [-0.3, -0.25) is 4.79 Å². The van der Waals surface area contributed by atoms with Crippen LogP contribution in [0.2, 0.25) is 5.15 Å². The van der Waals surface area contributed by atoms with Crippen molar-refractivity contribution in [3.63, 3.8) is 0 Å². The summed E-state index contributed by atoms with van der Waals surface area (Å²) in [4.78, 5) is 31.4. The number of nitrogens with zero attached hydrogens (tertiary/aromatic N) is 5. The van der Waals surface area contributed by atoms with Gasteiger partial charge in [0, 0.05) is 37.9 Å². The number of hydrogen-bond donors (Lipinski definition) is 0. The summed E-state index contributed by atoms with van der Waals surface area (Å²) in [6, 6.07) is 17.9. The SMILES string of the molecule is Cc1cc2nc(-c3ccccc3)c(N3CCCN(C(=O)c4cccnc4Cl)CC3)nc2cc1C. The Morgan fingerprint density at radius 1 is 0.882 bits per heavy atom. The Bertz CT molecular complexity index is 1360. The van der Waals surface area contributed by atoms with Gasteiger partial charge in [-0.25, -0.2) is 15.0 Å². The van der Waals surface area contributed by atoms with E-state index in [2.05, 4.69) is 48.0 Å². The minimum Gasteiger partial charge on any atom is -0.353 e. The molecule has 0 N–H and O–H groups in total. The number of rotatable bonds is 3. The van der Waals surface area contributed by atoms with E-state index in [0.29, 0.717) is 25.2 Å². The molecule has 172 valence electrons. The first-order valence-electron chi connectivity index (χ1n) is 11.5. The van der Waals surface area contributed by atoms with Crippen LogP contribution in [0.5, 0.6) is 0 Å². The first-order chi connectivity index (χ1) is 16.5. The molecule has 5 rings (SSSR count). The molecule has 4 aromatic rings. The van der Waals surface area contributed by atoms with Crippen molar-refractivity contribution in [1.82, 2.24) is 19.9 Å². The highest BCUT2D eigenvalue weighted by atomic mass is 35.5. The van der Waals surface area contributed by atoms with Gasteiger partial charge in [-0.05, 0) is 55.7 Å². The number of halogens is 1. The fourth-order valence-corrected chi connectivity index (χ4v) is 4.56. The molecule has 1 saturated heterocycles. The molecule has 0 saturated carbocycles. The van der Waals surface area contributed by atoms with E-state index in [1.54, 1.807) is 18.3 Å². The molecule has 1 amide bonds. The van der Waals surface area contributed by atoms with Crippen LogP contribution in [-0.2, 0) is 0 Å². The molecule has 0 bridgehead atoms. The molecular formula is C27H26ClN5O. The summed E-state index contributed by atoms with van der Waals surface area (Å²) in [6.07, 6.45) is 2.42. The summed E-state index contributed by atoms with van der Waals surface area (Å²) in [5.41, 5.74) is 6.52. The van der Waals surface area contributed by atoms with Gasteiger partial charge in [0.2, 0.25) is 0 Å². The molecule has 1 aliphatic rings. The van der Waals surface area contributed by atoms with E-state index in [1.165, 1.54) is 11.1 Å². The average Bonchev–Trinajstić information content (AvgIpc) is 3.11. The third kappa shape index (κ3) is 4.33. The Labute approximate surface area is 204 Å². The lowest BCUT2D eigenvalue weighted by molar-refractivity contribution is 0.0767. The number of aromatic nitrogens is 3. The standard InChI is InChI=1S/C27H26ClN5O/c1-18-16-22-23(17-19(18)2)31-26(24(30-22)20-8-4-3-5-9-20)32-12-7-13-33(15-14-32)27(34)21-10-6-11-29-25(21)28/h3-6,8-11,16-17H,7,12-15H2,1-2H3. The van der Waals surface area contributed by atoms with E-state index < -0.39 is 0 Å². The van der Waals surface area contributed by atoms with Gasteiger partial charge in [0.05, 0.1) is 16.6 Å². The Hall–Kier alpha value is -3.51. The molecule has 0 aliphatic carbocycles. The zero-order valence-corrected chi connectivity index (χ0v) is 20.1. The Morgan fingerprint density at radius 2 is 1.62 bits per heavy atom. The van der Waals surface area contributed by atoms with Crippen molar-refractivity contribution in [2.45, 2.75) is 20.3 Å². The highest BCUT2D eigenvalue weighted by Gasteiger charge is 2.25. The molecule has 1 fully saturated rings. The van der Waals surface area contributed by atoms with Gasteiger partial charge in [0.1, 0.15) is 10.8 Å². The normalized spacial score (nSPS) is 14.3. The van der Waals surface area contributed by atoms with Crippen LogP contribution in [0.3, 0.4) is 0 Å². The molecule has 0 unspecified atom stereocenters. The second-order valence-electron chi connectivity index (χ2n) is 8.66. The third-order valence-corrected chi connectivity index (χ3v) is 6.68. The lowest BCUT2D eigenvalue weighted by atomic mass is 10.1. The molecule has 6 nitrogen and oxygen atoms in total. The number of hydrogen-bond acceptors (Lipinski definition) is 5. The van der Waals surface area contributed by atoms with E-state index >= 15 is 0 Å². The van der Waals surface area contributed by atoms with Gasteiger partial charge in [-0.1, -0.05) is 41.9 Å². The molecule has 0 atom stereocenters. The van der Waals surface area contributed by atoms with Gasteiger partial charge < -0.3 is 9.80 Å². The minimum absolute atomic E-state index is 0.0843. The summed E-state index contributed by atoms with van der Waals surface area (Å²) in [6.45, 7) is 6.87. The number of carbonyl (C=O) groups is 1. The highest BCUT2D eigenvalue weighted by molar-refractivity contribution is 6.32. The van der Waals surface area contributed by atoms with Crippen molar-refractivity contribution in [3.8, 4) is 11.3 Å². The number of fused-ring (bicyclic) bond motifs is 1. The van der Waals surface area contributed by atoms with Crippen LogP contribution < -0.4 is 4.90 Å². The van der Waals surface area contributed by atoms with E-state index in [-0.39, 0.29) is 11.1 Å². The predicted molar refractivity (Wildman–Crippen MR) is 136 cm³/mol. The van der Waals surface area contributed by atoms with Crippen molar-refractivity contribution in [3.05, 3.63) is 82.6 Å². The van der Waals surface area contributed by atoms with Gasteiger partial charge in [-0.2, -0.15) is 0 Å². The molecule has 1 aliphatic heterocycles. The summed E-state index contributed by atoms with van der Waals surface area (Å²) < 4.78 is 0. The van der Waals surface area contributed by atoms with E-state index in [9.17, 15) is 4.79 Å². The van der Waals surface area contributed by atoms with E-state index in [1.807, 2.05) is 23.1 Å². The summed E-state index contributed by atoms with van der Waals surface area (Å²) in [5, 5.41) is 0.242. The van der Waals surface area contributed by atoms with Crippen LogP contribution in [0.4, 0.5) is 5.82 Å². The Kier molecular flexibility index (Phi) is 6.16. The summed E-state index contributed by atoms with van der Waals surface area (Å²) in [7, 11) is 0. The quantitative estimate of drug-likeness (QED) is 0.379. The van der Waals surface area contributed by atoms with Gasteiger partial charge in [0.25, 0.3) is 5.91 Å². The Balaban J connectivity index is 1.50. The molecule has 0 radical (unpaired) electrons. The molecule has 34 heavy (non-hydrogen) atoms. The second-order valence-corrected chi connectivity index (χ2v) is 9.02. The third-order valence-electron chi connectivity index (χ3n) is 6.38. The highest BCUT2D eigenvalue weighted by Crippen LogP contribution is 2.31. The number of pyridine rings is 1. The maximum Gasteiger partial charge on any atom is 0.257 e. The van der Waals surface area contributed by atoms with Crippen molar-refractivity contribution >= 4 is 34.4 Å². The first kappa shape index (κ1) is 22.3. The second kappa shape index (κ2) is 9.39. The van der Waals surface area contributed by atoms with Crippen molar-refractivity contribution in [2.24, 2.45) is 0 Å². The van der Waals surface area contributed by atoms with Crippen LogP contribution in [0.15, 0.2) is 60.8 Å². The zero-order valence-electron chi connectivity index (χ0n) is 19.3. The van der Waals surface area contributed by atoms with Gasteiger partial charge >= 0.3 is 0 Å². The lowest BCUT2D eigenvalue weighted by Gasteiger charge is -2.25. The molecule has 3 heterocycles. The molecule has 2 aromatic carbocycles. The van der Waals surface area contributed by atoms with Crippen molar-refractivity contribution in [1.29, 1.82) is 0 Å². The molecule has 0 spiro atoms. The molecule has 7 heteroatoms. The van der Waals surface area contributed by atoms with Crippen LogP contribution in [0.25, 0.3) is 22.3 Å². The van der Waals surface area contributed by atoms with Crippen molar-refractivity contribution < 1.29 is 4.79 Å². The monoisotopic (exact) mass is 471 g/mol. The van der Waals surface area contributed by atoms with E-state index in [0.717, 1.165) is 41.1 Å². The van der Waals surface area contributed by atoms with Gasteiger partial charge in [-0.15, -0.1) is 0 Å². The number of anilines is 1. The zero-order chi connectivity index (χ0) is 23.7. The van der Waals surface area contributed by atoms with Crippen molar-refractivity contribution in [2.75, 3.05) is 31.1 Å². The Morgan fingerprint density at radius 3 is 2.35 bits per heavy atom. The fraction of sp³-hybridized carbons (Fsp3) is 0.259. The lowest BCUT2D eigenvalue weighted by Crippen LogP contribution is -2.35.